The molecule has 4 heterocycles. The van der Waals surface area contributed by atoms with Crippen molar-refractivity contribution in [2.24, 2.45) is 0 Å². The van der Waals surface area contributed by atoms with Gasteiger partial charge in [0, 0.05) is 28.4 Å². The molecule has 5 rings (SSSR count). The van der Waals surface area contributed by atoms with Gasteiger partial charge in [0.15, 0.2) is 0 Å². The lowest BCUT2D eigenvalue weighted by Crippen LogP contribution is -2.58. The zero-order chi connectivity index (χ0) is 24.3. The van der Waals surface area contributed by atoms with E-state index in [1.807, 2.05) is 4.68 Å². The van der Waals surface area contributed by atoms with Gasteiger partial charge in [-0.3, -0.25) is 0 Å². The molecule has 13 heteroatoms. The van der Waals surface area contributed by atoms with E-state index >= 15 is 0 Å². The van der Waals surface area contributed by atoms with E-state index in [1.54, 1.807) is 18.2 Å². The molecular weight excluding hydrogens is 513 g/mol. The van der Waals surface area contributed by atoms with Crippen molar-refractivity contribution in [2.75, 3.05) is 0 Å². The fraction of sp³-hybridized carbons (Fsp3) is 0.435. The van der Waals surface area contributed by atoms with E-state index in [-0.39, 0.29) is 47.7 Å². The smallest absolute Gasteiger partial charge is 0.333 e. The molecule has 194 valence electrons. The first-order chi connectivity index (χ1) is 16.0. The minimum atomic E-state index is -2.72. The Balaban J connectivity index is 0.00000180. The molecule has 2 N–H and O–H groups in total. The van der Waals surface area contributed by atoms with Gasteiger partial charge in [0.2, 0.25) is 5.65 Å². The number of phenolic OH excluding ortho intramolecular Hbond substituents is 1. The van der Waals surface area contributed by atoms with Crippen LogP contribution in [0.3, 0.4) is 0 Å². The summed E-state index contributed by atoms with van der Waals surface area (Å²) in [6, 6.07) is 6.74. The first-order valence-electron chi connectivity index (χ1n) is 11.1. The summed E-state index contributed by atoms with van der Waals surface area (Å²) in [6.07, 6.45) is 4.31. The number of nitrogens with one attached hydrogen (secondary N) is 1. The van der Waals surface area contributed by atoms with E-state index in [9.17, 15) is 13.9 Å². The topological polar surface area (TPSA) is 107 Å². The summed E-state index contributed by atoms with van der Waals surface area (Å²) in [7, 11) is 0. The van der Waals surface area contributed by atoms with Gasteiger partial charge in [-0.25, -0.2) is 9.36 Å². The maximum Gasteiger partial charge on any atom is 0.333 e. The number of halogens is 4. The summed E-state index contributed by atoms with van der Waals surface area (Å²) in [6.45, 7) is 5.98. The summed E-state index contributed by atoms with van der Waals surface area (Å²) in [5, 5.41) is 35.3. The number of nitrogens with zero attached hydrogens (tertiary/aromatic N) is 7. The first kappa shape index (κ1) is 27.7. The molecule has 1 saturated heterocycles. The van der Waals surface area contributed by atoms with Gasteiger partial charge in [0.25, 0.3) is 0 Å². The number of hydrogen-bond acceptors (Lipinski definition) is 7. The number of benzene rings is 1. The molecule has 3 aromatic heterocycles. The third-order valence-corrected chi connectivity index (χ3v) is 6.14. The lowest BCUT2D eigenvalue weighted by atomic mass is 9.80. The average Bonchev–Trinajstić information content (AvgIpc) is 3.38. The van der Waals surface area contributed by atoms with Gasteiger partial charge in [-0.1, -0.05) is 11.3 Å². The second-order valence-electron chi connectivity index (χ2n) is 10.1. The molecule has 0 amide bonds. The number of hydrogen-bond donors (Lipinski definition) is 2. The zero-order valence-corrected chi connectivity index (χ0v) is 21.8. The van der Waals surface area contributed by atoms with Crippen LogP contribution in [0.1, 0.15) is 53.1 Å². The van der Waals surface area contributed by atoms with Gasteiger partial charge in [0.05, 0.1) is 17.9 Å². The molecule has 36 heavy (non-hydrogen) atoms. The van der Waals surface area contributed by atoms with Gasteiger partial charge in [-0.15, -0.1) is 40.1 Å². The molecule has 1 aromatic carbocycles. The molecule has 0 radical (unpaired) electrons. The average molecular weight is 541 g/mol. The predicted octanol–water partition coefficient (Wildman–Crippen LogP) is 5.18. The van der Waals surface area contributed by atoms with Crippen LogP contribution < -0.4 is 5.32 Å². The SMILES string of the molecule is CC1(C)CC(n2nnc3cc(-c4ccc(-c5cnn(C(F)F)c5)cc4O)nnc32)CC(C)(C)N1.Cl.Cl. The van der Waals surface area contributed by atoms with Crippen molar-refractivity contribution in [3.8, 4) is 28.1 Å². The second-order valence-corrected chi connectivity index (χ2v) is 10.1. The van der Waals surface area contributed by atoms with Crippen molar-refractivity contribution in [2.45, 2.75) is 64.2 Å². The highest BCUT2D eigenvalue weighted by Crippen LogP contribution is 2.37. The van der Waals surface area contributed by atoms with Crippen LogP contribution in [0.5, 0.6) is 5.75 Å². The van der Waals surface area contributed by atoms with Crippen LogP contribution in [-0.2, 0) is 0 Å². The van der Waals surface area contributed by atoms with E-state index in [1.165, 1.54) is 18.5 Å². The maximum atomic E-state index is 12.8. The fourth-order valence-corrected chi connectivity index (χ4v) is 5.09. The zero-order valence-electron chi connectivity index (χ0n) is 20.2. The highest BCUT2D eigenvalue weighted by molar-refractivity contribution is 5.85. The Kier molecular flexibility index (Phi) is 7.59. The molecular formula is C23H28Cl2F2N8O. The molecule has 1 aliphatic heterocycles. The molecule has 9 nitrogen and oxygen atoms in total. The monoisotopic (exact) mass is 540 g/mol. The third-order valence-electron chi connectivity index (χ3n) is 6.14. The van der Waals surface area contributed by atoms with E-state index in [0.717, 1.165) is 12.8 Å². The summed E-state index contributed by atoms with van der Waals surface area (Å²) in [4.78, 5) is 0. The molecule has 4 aromatic rings. The number of aromatic hydroxyl groups is 1. The predicted molar refractivity (Wildman–Crippen MR) is 137 cm³/mol. The van der Waals surface area contributed by atoms with Gasteiger partial charge < -0.3 is 10.4 Å². The Hall–Kier alpha value is -2.89. The number of rotatable bonds is 4. The Labute approximate surface area is 219 Å². The summed E-state index contributed by atoms with van der Waals surface area (Å²) >= 11 is 0. The van der Waals surface area contributed by atoms with Crippen molar-refractivity contribution in [3.63, 3.8) is 0 Å². The highest BCUT2D eigenvalue weighted by atomic mass is 35.5. The molecule has 0 unspecified atom stereocenters. The van der Waals surface area contributed by atoms with E-state index < -0.39 is 6.55 Å². The Morgan fingerprint density at radius 1 is 1.00 bits per heavy atom. The Morgan fingerprint density at radius 2 is 1.69 bits per heavy atom. The van der Waals surface area contributed by atoms with Crippen molar-refractivity contribution >= 4 is 36.0 Å². The molecule has 0 saturated carbocycles. The largest absolute Gasteiger partial charge is 0.507 e. The van der Waals surface area contributed by atoms with Crippen LogP contribution in [0.25, 0.3) is 33.5 Å². The second kappa shape index (κ2) is 9.87. The number of aromatic nitrogens is 7. The van der Waals surface area contributed by atoms with Crippen LogP contribution >= 0.6 is 24.8 Å². The normalized spacial score (nSPS) is 17.1. The van der Waals surface area contributed by atoms with Gasteiger partial charge in [0.1, 0.15) is 11.3 Å². The standard InChI is InChI=1S/C23H26F2N8O.2ClH/c1-22(2)9-15(10-23(3,4)30-22)33-20-18(28-31-33)8-17(27-29-20)16-6-5-13(7-19(16)34)14-11-26-32(12-14)21(24)25;;/h5-8,11-12,15,21,30,34H,9-10H2,1-4H3;2*1H. The molecule has 0 atom stereocenters. The van der Waals surface area contributed by atoms with Crippen LogP contribution in [-0.4, -0.2) is 51.2 Å². The Bertz CT molecular complexity index is 1360. The molecule has 1 fully saturated rings. The van der Waals surface area contributed by atoms with Gasteiger partial charge in [-0.05, 0) is 64.3 Å². The minimum absolute atomic E-state index is 0. The third kappa shape index (κ3) is 5.28. The number of phenols is 1. The van der Waals surface area contributed by atoms with Crippen LogP contribution in [0, 0.1) is 0 Å². The molecule has 1 aliphatic rings. The summed E-state index contributed by atoms with van der Waals surface area (Å²) < 4.78 is 28.0. The first-order valence-corrected chi connectivity index (χ1v) is 11.1. The van der Waals surface area contributed by atoms with E-state index in [4.69, 9.17) is 0 Å². The lowest BCUT2D eigenvalue weighted by molar-refractivity contribution is 0.0566. The molecule has 0 bridgehead atoms. The number of piperidine rings is 1. The van der Waals surface area contributed by atoms with Crippen molar-refractivity contribution in [1.29, 1.82) is 0 Å². The number of alkyl halides is 2. The summed E-state index contributed by atoms with van der Waals surface area (Å²) in [5.74, 6) is -0.0507. The van der Waals surface area contributed by atoms with Gasteiger partial charge >= 0.3 is 6.55 Å². The van der Waals surface area contributed by atoms with Crippen molar-refractivity contribution < 1.29 is 13.9 Å². The van der Waals surface area contributed by atoms with E-state index in [0.29, 0.717) is 38.2 Å². The number of fused-ring (bicyclic) bond motifs is 1. The quantitative estimate of drug-likeness (QED) is 0.367. The van der Waals surface area contributed by atoms with Crippen molar-refractivity contribution in [1.82, 2.24) is 40.3 Å². The van der Waals surface area contributed by atoms with Crippen LogP contribution in [0.4, 0.5) is 8.78 Å². The molecule has 0 aliphatic carbocycles. The van der Waals surface area contributed by atoms with Crippen molar-refractivity contribution in [3.05, 3.63) is 36.7 Å². The van der Waals surface area contributed by atoms with Gasteiger partial charge in [-0.2, -0.15) is 13.9 Å². The molecule has 0 spiro atoms. The Morgan fingerprint density at radius 3 is 2.31 bits per heavy atom. The highest BCUT2D eigenvalue weighted by Gasteiger charge is 2.39. The minimum Gasteiger partial charge on any atom is -0.507 e. The fourth-order valence-electron chi connectivity index (χ4n) is 5.09. The summed E-state index contributed by atoms with van der Waals surface area (Å²) in [5.41, 5.74) is 2.99. The lowest BCUT2D eigenvalue weighted by Gasteiger charge is -2.46. The van der Waals surface area contributed by atoms with E-state index in [2.05, 4.69) is 58.6 Å². The van der Waals surface area contributed by atoms with Crippen LogP contribution in [0.15, 0.2) is 36.7 Å². The maximum absolute atomic E-state index is 12.8. The van der Waals surface area contributed by atoms with Crippen LogP contribution in [0.2, 0.25) is 0 Å².